The van der Waals surface area contributed by atoms with E-state index in [9.17, 15) is 50.1 Å². The van der Waals surface area contributed by atoms with Gasteiger partial charge in [0.15, 0.2) is 17.8 Å². The van der Waals surface area contributed by atoms with Crippen LogP contribution in [0.4, 0.5) is 0 Å². The number of ether oxygens (including phenoxy) is 5. The number of phenolic OH excluding ortho intramolecular Hbond substituents is 2. The average Bonchev–Trinajstić information content (AvgIpc) is 2.92. The fraction of sp³-hybridized carbons (Fsp3) is 0.480. The van der Waals surface area contributed by atoms with E-state index in [4.69, 9.17) is 23.7 Å². The third-order valence-corrected chi connectivity index (χ3v) is 6.25. The Balaban J connectivity index is 1.80. The van der Waals surface area contributed by atoms with Gasteiger partial charge in [0.1, 0.15) is 24.4 Å². The molecule has 3 rings (SSSR count). The minimum atomic E-state index is -1.85. The van der Waals surface area contributed by atoms with E-state index in [0.717, 1.165) is 13.4 Å². The van der Waals surface area contributed by atoms with Crippen LogP contribution in [0.3, 0.4) is 0 Å². The molecule has 220 valence electrons. The van der Waals surface area contributed by atoms with Gasteiger partial charge in [0, 0.05) is 24.0 Å². The number of methoxy groups -OCH3 is 1. The maximum absolute atomic E-state index is 12.7. The second-order valence-electron chi connectivity index (χ2n) is 8.90. The third-order valence-electron chi connectivity index (χ3n) is 6.25. The molecule has 2 aliphatic heterocycles. The molecule has 0 saturated carbocycles. The van der Waals surface area contributed by atoms with Crippen LogP contribution in [-0.4, -0.2) is 111 Å². The first-order chi connectivity index (χ1) is 19.0. The number of esters is 2. The van der Waals surface area contributed by atoms with E-state index >= 15 is 0 Å². The molecule has 0 spiro atoms. The number of aliphatic hydroxyl groups is 4. The predicted octanol–water partition coefficient (Wildman–Crippen LogP) is -1.57. The van der Waals surface area contributed by atoms with Crippen molar-refractivity contribution in [3.63, 3.8) is 0 Å². The van der Waals surface area contributed by atoms with Crippen molar-refractivity contribution in [2.24, 2.45) is 5.92 Å². The van der Waals surface area contributed by atoms with E-state index in [1.807, 2.05) is 0 Å². The fourth-order valence-corrected chi connectivity index (χ4v) is 4.13. The number of aromatic hydroxyl groups is 2. The Morgan fingerprint density at radius 2 is 1.77 bits per heavy atom. The Bertz CT molecular complexity index is 1140. The van der Waals surface area contributed by atoms with Crippen LogP contribution in [0.15, 0.2) is 41.7 Å². The third kappa shape index (κ3) is 7.26. The van der Waals surface area contributed by atoms with Gasteiger partial charge in [0.2, 0.25) is 6.29 Å². The maximum Gasteiger partial charge on any atom is 0.337 e. The summed E-state index contributed by atoms with van der Waals surface area (Å²) in [6.45, 7) is -0.912. The molecule has 0 aliphatic carbocycles. The van der Waals surface area contributed by atoms with Gasteiger partial charge in [-0.3, -0.25) is 4.79 Å². The number of aliphatic hydroxyl groups excluding tert-OH is 4. The van der Waals surface area contributed by atoms with Crippen LogP contribution < -0.4 is 0 Å². The number of rotatable bonds is 10. The summed E-state index contributed by atoms with van der Waals surface area (Å²) in [6.07, 6.45) is -8.94. The molecule has 0 unspecified atom stereocenters. The van der Waals surface area contributed by atoms with E-state index in [1.165, 1.54) is 18.2 Å². The first kappa shape index (κ1) is 30.8. The average molecular weight is 571 g/mol. The summed E-state index contributed by atoms with van der Waals surface area (Å²) in [5.41, 5.74) is 0.0283. The molecule has 1 saturated heterocycles. The van der Waals surface area contributed by atoms with Crippen molar-refractivity contribution in [1.82, 2.24) is 0 Å². The highest BCUT2D eigenvalue weighted by Gasteiger charge is 2.47. The van der Waals surface area contributed by atoms with Crippen molar-refractivity contribution in [3.05, 3.63) is 47.2 Å². The van der Waals surface area contributed by atoms with Gasteiger partial charge < -0.3 is 59.4 Å². The highest BCUT2D eigenvalue weighted by atomic mass is 16.8. The fourth-order valence-electron chi connectivity index (χ4n) is 4.13. The Hall–Kier alpha value is -3.73. The predicted molar refractivity (Wildman–Crippen MR) is 128 cm³/mol. The van der Waals surface area contributed by atoms with Crippen molar-refractivity contribution in [3.8, 4) is 11.5 Å². The topological polar surface area (TPSA) is 239 Å². The number of benzene rings is 1. The molecule has 15 nitrogen and oxygen atoms in total. The largest absolute Gasteiger partial charge is 0.504 e. The minimum absolute atomic E-state index is 0.160. The van der Waals surface area contributed by atoms with Crippen LogP contribution in [0, 0.1) is 5.92 Å². The number of hydrogen-bond acceptors (Lipinski definition) is 14. The minimum Gasteiger partial charge on any atom is -0.504 e. The van der Waals surface area contributed by atoms with Gasteiger partial charge in [-0.2, -0.15) is 0 Å². The van der Waals surface area contributed by atoms with Gasteiger partial charge in [-0.05, 0) is 17.7 Å². The second kappa shape index (κ2) is 13.6. The van der Waals surface area contributed by atoms with E-state index in [0.29, 0.717) is 11.6 Å². The molecule has 1 aromatic rings. The van der Waals surface area contributed by atoms with Crippen LogP contribution in [0.25, 0.3) is 0 Å². The van der Waals surface area contributed by atoms with Crippen molar-refractivity contribution in [2.45, 2.75) is 49.8 Å². The summed E-state index contributed by atoms with van der Waals surface area (Å²) in [7, 11) is 1.06. The van der Waals surface area contributed by atoms with Crippen LogP contribution >= 0.6 is 0 Å². The van der Waals surface area contributed by atoms with Crippen molar-refractivity contribution in [1.29, 1.82) is 0 Å². The lowest BCUT2D eigenvalue weighted by atomic mass is 9.86. The highest BCUT2D eigenvalue weighted by molar-refractivity contribution is 5.91. The molecular weight excluding hydrogens is 540 g/mol. The van der Waals surface area contributed by atoms with Crippen LogP contribution in [0.5, 0.6) is 11.5 Å². The van der Waals surface area contributed by atoms with Gasteiger partial charge in [-0.25, -0.2) is 9.59 Å². The SMILES string of the molecule is COC(=O)C1=CO[C@@H](O[C@H]2O[C@H](CO)[C@@H](O)[C@H](O)[C@H]2O)C(=CC(=O)O)[C@H]1CC(=O)OCCc1ccc(O)c(O)c1. The van der Waals surface area contributed by atoms with Crippen LogP contribution in [0.1, 0.15) is 12.0 Å². The first-order valence-corrected chi connectivity index (χ1v) is 12.0. The van der Waals surface area contributed by atoms with Gasteiger partial charge >= 0.3 is 17.9 Å². The molecule has 7 atom stereocenters. The number of carbonyl (C=O) groups excluding carboxylic acids is 2. The van der Waals surface area contributed by atoms with Crippen molar-refractivity contribution >= 4 is 17.9 Å². The summed E-state index contributed by atoms with van der Waals surface area (Å²) in [5.74, 6) is -5.27. The molecule has 0 amide bonds. The molecule has 2 aliphatic rings. The molecule has 7 N–H and O–H groups in total. The zero-order chi connectivity index (χ0) is 29.6. The summed E-state index contributed by atoms with van der Waals surface area (Å²) in [5, 5.41) is 68.2. The van der Waals surface area contributed by atoms with Gasteiger partial charge in [-0.15, -0.1) is 0 Å². The zero-order valence-electron chi connectivity index (χ0n) is 21.2. The number of aliphatic carboxylic acids is 1. The standard InChI is InChI=1S/C25H30O15/c1-36-23(35)14-10-38-24(40-25-22(34)21(33)20(32)17(9-26)39-25)13(7-18(29)30)12(14)8-19(31)37-5-4-11-2-3-15(27)16(28)6-11/h2-3,6-7,10,12,17,20-22,24-28,32-34H,4-5,8-9H2,1H3,(H,29,30)/t12-,17-,20-,21+,22-,24+,25-/m1/s1. The first-order valence-electron chi connectivity index (χ1n) is 12.0. The van der Waals surface area contributed by atoms with E-state index in [-0.39, 0.29) is 35.7 Å². The lowest BCUT2D eigenvalue weighted by molar-refractivity contribution is -0.327. The number of carboxylic acids is 1. The number of carbonyl (C=O) groups is 3. The van der Waals surface area contributed by atoms with Gasteiger partial charge in [0.05, 0.1) is 38.6 Å². The van der Waals surface area contributed by atoms with Crippen LogP contribution in [-0.2, 0) is 44.5 Å². The second-order valence-corrected chi connectivity index (χ2v) is 8.90. The van der Waals surface area contributed by atoms with E-state index in [2.05, 4.69) is 0 Å². The Kier molecular flexibility index (Phi) is 10.4. The number of hydrogen-bond donors (Lipinski definition) is 7. The van der Waals surface area contributed by atoms with Crippen molar-refractivity contribution < 1.29 is 73.8 Å². The summed E-state index contributed by atoms with van der Waals surface area (Å²) in [4.78, 5) is 36.8. The lowest BCUT2D eigenvalue weighted by Crippen LogP contribution is -2.60. The molecule has 0 bridgehead atoms. The van der Waals surface area contributed by atoms with Gasteiger partial charge in [-0.1, -0.05) is 6.07 Å². The van der Waals surface area contributed by atoms with E-state index < -0.39 is 73.8 Å². The molecule has 0 radical (unpaired) electrons. The quantitative estimate of drug-likeness (QED) is 0.0955. The lowest BCUT2D eigenvalue weighted by Gasteiger charge is -2.41. The van der Waals surface area contributed by atoms with Gasteiger partial charge in [0.25, 0.3) is 0 Å². The normalized spacial score (nSPS) is 29.3. The maximum atomic E-state index is 12.7. The summed E-state index contributed by atoms with van der Waals surface area (Å²) >= 11 is 0. The molecule has 1 aromatic carbocycles. The molecule has 1 fully saturated rings. The Morgan fingerprint density at radius 1 is 1.05 bits per heavy atom. The molecular formula is C25H30O15. The molecule has 15 heteroatoms. The van der Waals surface area contributed by atoms with Crippen LogP contribution in [0.2, 0.25) is 0 Å². The summed E-state index contributed by atoms with van der Waals surface area (Å²) in [6, 6.07) is 4.06. The highest BCUT2D eigenvalue weighted by Crippen LogP contribution is 2.36. The Labute approximate surface area is 227 Å². The molecule has 40 heavy (non-hydrogen) atoms. The number of carboxylic acid groups (broad SMARTS) is 1. The molecule has 0 aromatic heterocycles. The Morgan fingerprint density at radius 3 is 2.40 bits per heavy atom. The van der Waals surface area contributed by atoms with Crippen molar-refractivity contribution in [2.75, 3.05) is 20.3 Å². The van der Waals surface area contributed by atoms with E-state index in [1.54, 1.807) is 0 Å². The number of phenols is 2. The monoisotopic (exact) mass is 570 g/mol. The molecule has 2 heterocycles. The summed E-state index contributed by atoms with van der Waals surface area (Å²) < 4.78 is 26.1. The zero-order valence-corrected chi connectivity index (χ0v) is 21.2. The smallest absolute Gasteiger partial charge is 0.337 e.